The van der Waals surface area contributed by atoms with Gasteiger partial charge in [0.25, 0.3) is 5.91 Å². The highest BCUT2D eigenvalue weighted by Crippen LogP contribution is 2.23. The lowest BCUT2D eigenvalue weighted by atomic mass is 10.1. The third-order valence-electron chi connectivity index (χ3n) is 3.82. The van der Waals surface area contributed by atoms with Crippen LogP contribution < -0.4 is 5.32 Å². The van der Waals surface area contributed by atoms with Gasteiger partial charge in [0.1, 0.15) is 0 Å². The Morgan fingerprint density at radius 1 is 1.16 bits per heavy atom. The number of nitrogens with one attached hydrogen (secondary N) is 1. The van der Waals surface area contributed by atoms with Crippen LogP contribution in [-0.4, -0.2) is 66.2 Å². The van der Waals surface area contributed by atoms with Crippen molar-refractivity contribution in [1.82, 2.24) is 9.62 Å². The van der Waals surface area contributed by atoms with Gasteiger partial charge in [-0.05, 0) is 43.5 Å². The maximum Gasteiger partial charge on any atom is 0.251 e. The zero-order chi connectivity index (χ0) is 19.0. The fourth-order valence-electron chi connectivity index (χ4n) is 2.15. The zero-order valence-electron chi connectivity index (χ0n) is 15.6. The molecule has 0 aliphatic carbocycles. The molecule has 1 amide bonds. The Balaban J connectivity index is 2.76. The number of amides is 1. The largest absolute Gasteiger partial charge is 0.382 e. The van der Waals surface area contributed by atoms with E-state index < -0.39 is 10.0 Å². The summed E-state index contributed by atoms with van der Waals surface area (Å²) in [5.74, 6) is -0.296. The Bertz CT molecular complexity index is 687. The minimum Gasteiger partial charge on any atom is -0.382 e. The van der Waals surface area contributed by atoms with Crippen molar-refractivity contribution in [2.75, 3.05) is 47.6 Å². The fourth-order valence-corrected chi connectivity index (χ4v) is 3.36. The lowest BCUT2D eigenvalue weighted by molar-refractivity contribution is 0.0688. The molecule has 0 heterocycles. The summed E-state index contributed by atoms with van der Waals surface area (Å²) in [6.07, 6.45) is 0.670. The lowest BCUT2D eigenvalue weighted by Gasteiger charge is -2.16. The van der Waals surface area contributed by atoms with Crippen LogP contribution in [0.25, 0.3) is 0 Å². The van der Waals surface area contributed by atoms with Gasteiger partial charge in [0, 0.05) is 39.9 Å². The number of carbonyl (C=O) groups is 1. The Hall–Kier alpha value is -1.48. The monoisotopic (exact) mass is 372 g/mol. The molecule has 0 unspecified atom stereocenters. The van der Waals surface area contributed by atoms with Crippen LogP contribution in [0.5, 0.6) is 0 Å². The summed E-state index contributed by atoms with van der Waals surface area (Å²) in [6, 6.07) is 3.14. The summed E-state index contributed by atoms with van der Waals surface area (Å²) in [7, 11) is 0.952. The lowest BCUT2D eigenvalue weighted by Crippen LogP contribution is -2.27. The molecule has 0 fully saturated rings. The van der Waals surface area contributed by atoms with Crippen molar-refractivity contribution in [1.29, 1.82) is 0 Å². The number of ether oxygens (including phenoxy) is 2. The van der Waals surface area contributed by atoms with Crippen molar-refractivity contribution in [3.05, 3.63) is 28.8 Å². The number of benzene rings is 1. The van der Waals surface area contributed by atoms with Crippen molar-refractivity contribution >= 4 is 15.9 Å². The van der Waals surface area contributed by atoms with E-state index in [1.165, 1.54) is 20.2 Å². The standard InChI is InChI=1S/C17H28N2O5S/c1-13-11-15(12-16(14(13)2)25(21,22)19(3)4)17(20)18-7-6-8-24-10-9-23-5/h11-12H,6-10H2,1-5H3,(H,18,20). The van der Waals surface area contributed by atoms with E-state index in [0.29, 0.717) is 43.9 Å². The summed E-state index contributed by atoms with van der Waals surface area (Å²) in [6.45, 7) is 5.58. The molecule has 0 saturated heterocycles. The SMILES string of the molecule is COCCOCCCNC(=O)c1cc(C)c(C)c(S(=O)(=O)N(C)C)c1. The van der Waals surface area contributed by atoms with Gasteiger partial charge >= 0.3 is 0 Å². The van der Waals surface area contributed by atoms with Gasteiger partial charge in [-0.25, -0.2) is 12.7 Å². The summed E-state index contributed by atoms with van der Waals surface area (Å²) in [5.41, 5.74) is 1.75. The van der Waals surface area contributed by atoms with Gasteiger partial charge < -0.3 is 14.8 Å². The fraction of sp³-hybridized carbons (Fsp3) is 0.588. The Morgan fingerprint density at radius 2 is 1.84 bits per heavy atom. The van der Waals surface area contributed by atoms with Gasteiger partial charge in [-0.1, -0.05) is 0 Å². The maximum atomic E-state index is 12.4. The van der Waals surface area contributed by atoms with Gasteiger partial charge in [0.05, 0.1) is 18.1 Å². The van der Waals surface area contributed by atoms with Crippen molar-refractivity contribution in [2.24, 2.45) is 0 Å². The molecular formula is C17H28N2O5S. The summed E-state index contributed by atoms with van der Waals surface area (Å²) >= 11 is 0. The van der Waals surface area contributed by atoms with Gasteiger partial charge in [-0.2, -0.15) is 0 Å². The quantitative estimate of drug-likeness (QED) is 0.627. The minimum absolute atomic E-state index is 0.158. The molecular weight excluding hydrogens is 344 g/mol. The van der Waals surface area contributed by atoms with E-state index in [1.807, 2.05) is 0 Å². The van der Waals surface area contributed by atoms with Gasteiger partial charge in [-0.15, -0.1) is 0 Å². The molecule has 0 aliphatic rings. The van der Waals surface area contributed by atoms with Crippen molar-refractivity contribution in [2.45, 2.75) is 25.2 Å². The van der Waals surface area contributed by atoms with E-state index in [2.05, 4.69) is 5.32 Å². The van der Waals surface area contributed by atoms with E-state index in [9.17, 15) is 13.2 Å². The normalized spacial score (nSPS) is 11.8. The van der Waals surface area contributed by atoms with Crippen LogP contribution in [0.1, 0.15) is 27.9 Å². The topological polar surface area (TPSA) is 84.9 Å². The molecule has 0 aromatic heterocycles. The first kappa shape index (κ1) is 21.6. The van der Waals surface area contributed by atoms with Gasteiger partial charge in [0.15, 0.2) is 0 Å². The Morgan fingerprint density at radius 3 is 2.44 bits per heavy atom. The third-order valence-corrected chi connectivity index (χ3v) is 5.76. The molecule has 1 N–H and O–H groups in total. The number of carbonyl (C=O) groups excluding carboxylic acids is 1. The number of sulfonamides is 1. The van der Waals surface area contributed by atoms with Crippen molar-refractivity contribution in [3.8, 4) is 0 Å². The van der Waals surface area contributed by atoms with Crippen LogP contribution in [0.3, 0.4) is 0 Å². The van der Waals surface area contributed by atoms with E-state index >= 15 is 0 Å². The molecule has 1 rings (SSSR count). The second-order valence-corrected chi connectivity index (χ2v) is 8.04. The Kier molecular flexibility index (Phi) is 8.51. The predicted octanol–water partition coefficient (Wildman–Crippen LogP) is 1.34. The highest BCUT2D eigenvalue weighted by Gasteiger charge is 2.22. The van der Waals surface area contributed by atoms with E-state index in [1.54, 1.807) is 27.0 Å². The average molecular weight is 372 g/mol. The summed E-state index contributed by atoms with van der Waals surface area (Å²) < 4.78 is 36.2. The molecule has 7 nitrogen and oxygen atoms in total. The van der Waals surface area contributed by atoms with E-state index in [4.69, 9.17) is 9.47 Å². The number of rotatable bonds is 10. The van der Waals surface area contributed by atoms with Crippen LogP contribution in [0.4, 0.5) is 0 Å². The maximum absolute atomic E-state index is 12.4. The van der Waals surface area contributed by atoms with E-state index in [-0.39, 0.29) is 10.8 Å². The van der Waals surface area contributed by atoms with Crippen LogP contribution in [0.15, 0.2) is 17.0 Å². The van der Waals surface area contributed by atoms with Gasteiger partial charge in [-0.3, -0.25) is 4.79 Å². The van der Waals surface area contributed by atoms with Crippen LogP contribution in [-0.2, 0) is 19.5 Å². The van der Waals surface area contributed by atoms with E-state index in [0.717, 1.165) is 9.87 Å². The molecule has 1 aromatic rings. The molecule has 0 saturated carbocycles. The molecule has 0 spiro atoms. The van der Waals surface area contributed by atoms with Crippen molar-refractivity contribution < 1.29 is 22.7 Å². The smallest absolute Gasteiger partial charge is 0.251 e. The molecule has 0 aliphatic heterocycles. The summed E-state index contributed by atoms with van der Waals surface area (Å²) in [5, 5.41) is 2.79. The molecule has 8 heteroatoms. The number of aryl methyl sites for hydroxylation is 1. The molecule has 142 valence electrons. The molecule has 1 aromatic carbocycles. The van der Waals surface area contributed by atoms with Crippen LogP contribution >= 0.6 is 0 Å². The number of methoxy groups -OCH3 is 1. The second kappa shape index (κ2) is 9.86. The Labute approximate surface area is 150 Å². The third kappa shape index (κ3) is 6.07. The number of hydrogen-bond acceptors (Lipinski definition) is 5. The minimum atomic E-state index is -3.60. The first-order chi connectivity index (χ1) is 11.7. The molecule has 0 radical (unpaired) electrons. The van der Waals surface area contributed by atoms with Crippen molar-refractivity contribution in [3.63, 3.8) is 0 Å². The highest BCUT2D eigenvalue weighted by atomic mass is 32.2. The number of hydrogen-bond donors (Lipinski definition) is 1. The predicted molar refractivity (Wildman–Crippen MR) is 96.4 cm³/mol. The van der Waals surface area contributed by atoms with Crippen LogP contribution in [0.2, 0.25) is 0 Å². The molecule has 0 bridgehead atoms. The number of nitrogens with zero attached hydrogens (tertiary/aromatic N) is 1. The average Bonchev–Trinajstić information content (AvgIpc) is 2.55. The zero-order valence-corrected chi connectivity index (χ0v) is 16.4. The molecule has 25 heavy (non-hydrogen) atoms. The first-order valence-corrected chi connectivity index (χ1v) is 9.54. The van der Waals surface area contributed by atoms with Gasteiger partial charge in [0.2, 0.25) is 10.0 Å². The second-order valence-electron chi connectivity index (χ2n) is 5.92. The summed E-state index contributed by atoms with van der Waals surface area (Å²) in [4.78, 5) is 12.5. The highest BCUT2D eigenvalue weighted by molar-refractivity contribution is 7.89. The first-order valence-electron chi connectivity index (χ1n) is 8.10. The molecule has 0 atom stereocenters. The van der Waals surface area contributed by atoms with Crippen LogP contribution in [0, 0.1) is 13.8 Å².